The maximum absolute atomic E-state index is 11.9. The van der Waals surface area contributed by atoms with Crippen LogP contribution in [-0.2, 0) is 9.84 Å². The lowest BCUT2D eigenvalue weighted by Gasteiger charge is -1.99. The van der Waals surface area contributed by atoms with Gasteiger partial charge < -0.3 is 0 Å². The van der Waals surface area contributed by atoms with E-state index in [-0.39, 0.29) is 4.90 Å². The van der Waals surface area contributed by atoms with Crippen LogP contribution in [0.2, 0.25) is 0 Å². The molecule has 0 saturated carbocycles. The van der Waals surface area contributed by atoms with Gasteiger partial charge >= 0.3 is 0 Å². The molecule has 72 valence electrons. The lowest BCUT2D eigenvalue weighted by Crippen LogP contribution is -1.99. The van der Waals surface area contributed by atoms with E-state index >= 15 is 0 Å². The summed E-state index contributed by atoms with van der Waals surface area (Å²) in [5, 5.41) is 1.74. The van der Waals surface area contributed by atoms with Crippen LogP contribution < -0.4 is 0 Å². The Morgan fingerprint density at radius 2 is 2.07 bits per heavy atom. The number of pyridine rings is 1. The summed E-state index contributed by atoms with van der Waals surface area (Å²) < 4.78 is 24.1. The van der Waals surface area contributed by atoms with Gasteiger partial charge in [-0.3, -0.25) is 4.98 Å². The zero-order valence-electron chi connectivity index (χ0n) is 7.12. The van der Waals surface area contributed by atoms with Crippen molar-refractivity contribution >= 4 is 21.2 Å². The molecule has 2 aromatic heterocycles. The molecule has 0 amide bonds. The standard InChI is InChI=1S/C9H7NO2S2/c11-14(12,9-4-2-6-13-9)8-3-1-5-10-7-8/h1-7H. The fourth-order valence-corrected chi connectivity index (χ4v) is 3.40. The van der Waals surface area contributed by atoms with Gasteiger partial charge in [-0.05, 0) is 23.6 Å². The van der Waals surface area contributed by atoms with Crippen molar-refractivity contribution in [1.29, 1.82) is 0 Å². The first-order chi connectivity index (χ1) is 6.71. The third kappa shape index (κ3) is 1.56. The Labute approximate surface area is 86.0 Å². The van der Waals surface area contributed by atoms with Crippen molar-refractivity contribution in [2.75, 3.05) is 0 Å². The van der Waals surface area contributed by atoms with Gasteiger partial charge in [0.2, 0.25) is 9.84 Å². The van der Waals surface area contributed by atoms with E-state index in [4.69, 9.17) is 0 Å². The molecule has 0 bridgehead atoms. The van der Waals surface area contributed by atoms with Crippen LogP contribution in [0.4, 0.5) is 0 Å². The van der Waals surface area contributed by atoms with Crippen LogP contribution in [0.3, 0.4) is 0 Å². The summed E-state index contributed by atoms with van der Waals surface area (Å²) in [4.78, 5) is 4.02. The van der Waals surface area contributed by atoms with Crippen molar-refractivity contribution in [2.24, 2.45) is 0 Å². The topological polar surface area (TPSA) is 47.0 Å². The van der Waals surface area contributed by atoms with Gasteiger partial charge in [-0.2, -0.15) is 0 Å². The summed E-state index contributed by atoms with van der Waals surface area (Å²) in [6.07, 6.45) is 2.91. The fourth-order valence-electron chi connectivity index (χ4n) is 1.04. The van der Waals surface area contributed by atoms with Crippen molar-refractivity contribution in [2.45, 2.75) is 9.10 Å². The minimum atomic E-state index is -3.34. The average Bonchev–Trinajstić information content (AvgIpc) is 2.72. The Balaban J connectivity index is 2.55. The molecule has 0 unspecified atom stereocenters. The van der Waals surface area contributed by atoms with Gasteiger partial charge in [-0.15, -0.1) is 11.3 Å². The molecule has 2 aromatic rings. The first-order valence-corrected chi connectivity index (χ1v) is 6.26. The van der Waals surface area contributed by atoms with E-state index in [2.05, 4.69) is 4.98 Å². The monoisotopic (exact) mass is 225 g/mol. The zero-order valence-corrected chi connectivity index (χ0v) is 8.75. The summed E-state index contributed by atoms with van der Waals surface area (Å²) in [7, 11) is -3.34. The van der Waals surface area contributed by atoms with Gasteiger partial charge in [0.05, 0.1) is 4.90 Å². The molecule has 0 aliphatic heterocycles. The van der Waals surface area contributed by atoms with Crippen molar-refractivity contribution in [1.82, 2.24) is 4.98 Å². The zero-order chi connectivity index (χ0) is 10.0. The van der Waals surface area contributed by atoms with Gasteiger partial charge in [0.1, 0.15) is 4.21 Å². The van der Waals surface area contributed by atoms with Gasteiger partial charge in [-0.1, -0.05) is 6.07 Å². The Kier molecular flexibility index (Phi) is 2.35. The Bertz CT molecular complexity index is 503. The van der Waals surface area contributed by atoms with E-state index < -0.39 is 9.84 Å². The Hall–Kier alpha value is -1.20. The molecule has 0 fully saturated rings. The molecule has 0 aliphatic carbocycles. The Morgan fingerprint density at radius 1 is 1.21 bits per heavy atom. The molecule has 2 heterocycles. The normalized spacial score (nSPS) is 11.4. The SMILES string of the molecule is O=S(=O)(c1cccnc1)c1cccs1. The third-order valence-electron chi connectivity index (χ3n) is 1.70. The molecule has 0 spiro atoms. The molecular formula is C9H7NO2S2. The van der Waals surface area contributed by atoms with E-state index in [1.54, 1.807) is 35.8 Å². The third-order valence-corrected chi connectivity index (χ3v) is 4.84. The summed E-state index contributed by atoms with van der Waals surface area (Å²) in [5.41, 5.74) is 0. The maximum atomic E-state index is 11.9. The van der Waals surface area contributed by atoms with Crippen LogP contribution in [0.25, 0.3) is 0 Å². The van der Waals surface area contributed by atoms with Crippen molar-refractivity contribution in [3.05, 3.63) is 42.0 Å². The molecule has 2 rings (SSSR count). The van der Waals surface area contributed by atoms with Crippen LogP contribution in [0.5, 0.6) is 0 Å². The van der Waals surface area contributed by atoms with Gasteiger partial charge in [-0.25, -0.2) is 8.42 Å². The summed E-state index contributed by atoms with van der Waals surface area (Å²) in [6.45, 7) is 0. The lowest BCUT2D eigenvalue weighted by molar-refractivity contribution is 0.597. The fraction of sp³-hybridized carbons (Fsp3) is 0. The van der Waals surface area contributed by atoms with Crippen LogP contribution in [0, 0.1) is 0 Å². The molecule has 0 radical (unpaired) electrons. The number of aromatic nitrogens is 1. The van der Waals surface area contributed by atoms with Crippen molar-refractivity contribution < 1.29 is 8.42 Å². The Morgan fingerprint density at radius 3 is 2.64 bits per heavy atom. The summed E-state index contributed by atoms with van der Waals surface area (Å²) in [6, 6.07) is 6.46. The van der Waals surface area contributed by atoms with Crippen LogP contribution in [-0.4, -0.2) is 13.4 Å². The number of hydrogen-bond donors (Lipinski definition) is 0. The lowest BCUT2D eigenvalue weighted by atomic mass is 10.5. The van der Waals surface area contributed by atoms with E-state index in [1.165, 1.54) is 17.5 Å². The molecule has 0 aromatic carbocycles. The highest BCUT2D eigenvalue weighted by molar-refractivity contribution is 7.93. The van der Waals surface area contributed by atoms with E-state index in [1.807, 2.05) is 0 Å². The number of hydrogen-bond acceptors (Lipinski definition) is 4. The molecule has 3 nitrogen and oxygen atoms in total. The molecule has 0 atom stereocenters. The summed E-state index contributed by atoms with van der Waals surface area (Å²) in [5.74, 6) is 0. The molecule has 0 N–H and O–H groups in total. The maximum Gasteiger partial charge on any atom is 0.217 e. The number of thiophene rings is 1. The first kappa shape index (κ1) is 9.36. The molecule has 5 heteroatoms. The van der Waals surface area contributed by atoms with Gasteiger partial charge in [0.25, 0.3) is 0 Å². The van der Waals surface area contributed by atoms with Crippen molar-refractivity contribution in [3.8, 4) is 0 Å². The second-order valence-electron chi connectivity index (χ2n) is 2.62. The second kappa shape index (κ2) is 3.51. The number of nitrogens with zero attached hydrogens (tertiary/aromatic N) is 1. The van der Waals surface area contributed by atoms with E-state index in [0.717, 1.165) is 0 Å². The minimum absolute atomic E-state index is 0.238. The highest BCUT2D eigenvalue weighted by Gasteiger charge is 2.17. The predicted molar refractivity (Wildman–Crippen MR) is 54.0 cm³/mol. The van der Waals surface area contributed by atoms with Crippen molar-refractivity contribution in [3.63, 3.8) is 0 Å². The van der Waals surface area contributed by atoms with Crippen LogP contribution >= 0.6 is 11.3 Å². The van der Waals surface area contributed by atoms with Gasteiger partial charge in [0, 0.05) is 12.4 Å². The molecule has 0 aliphatic rings. The predicted octanol–water partition coefficient (Wildman–Crippen LogP) is 1.98. The first-order valence-electron chi connectivity index (χ1n) is 3.90. The van der Waals surface area contributed by atoms with Crippen LogP contribution in [0.1, 0.15) is 0 Å². The van der Waals surface area contributed by atoms with E-state index in [0.29, 0.717) is 4.21 Å². The highest BCUT2D eigenvalue weighted by atomic mass is 32.2. The van der Waals surface area contributed by atoms with E-state index in [9.17, 15) is 8.42 Å². The average molecular weight is 225 g/mol. The number of sulfone groups is 1. The largest absolute Gasteiger partial charge is 0.263 e. The minimum Gasteiger partial charge on any atom is -0.263 e. The molecular weight excluding hydrogens is 218 g/mol. The van der Waals surface area contributed by atoms with Gasteiger partial charge in [0.15, 0.2) is 0 Å². The highest BCUT2D eigenvalue weighted by Crippen LogP contribution is 2.23. The van der Waals surface area contributed by atoms with Crippen LogP contribution in [0.15, 0.2) is 51.1 Å². The second-order valence-corrected chi connectivity index (χ2v) is 5.75. The molecule has 14 heavy (non-hydrogen) atoms. The number of rotatable bonds is 2. The molecule has 0 saturated heterocycles. The summed E-state index contributed by atoms with van der Waals surface area (Å²) >= 11 is 1.21. The quantitative estimate of drug-likeness (QED) is 0.785. The smallest absolute Gasteiger partial charge is 0.217 e.